The third-order valence-corrected chi connectivity index (χ3v) is 5.88. The maximum Gasteiger partial charge on any atom is 0.228 e. The number of carbonyl (C=O) groups is 2. The molecule has 2 fully saturated rings. The van der Waals surface area contributed by atoms with Crippen molar-refractivity contribution in [2.24, 2.45) is 5.92 Å². The molecule has 0 radical (unpaired) electrons. The van der Waals surface area contributed by atoms with Crippen molar-refractivity contribution in [3.05, 3.63) is 48.3 Å². The van der Waals surface area contributed by atoms with Gasteiger partial charge in [-0.3, -0.25) is 14.5 Å². The number of hydrogen-bond donors (Lipinski definition) is 0. The molecule has 0 N–H and O–H groups in total. The molecule has 0 bridgehead atoms. The number of aryl methyl sites for hydroxylation is 1. The van der Waals surface area contributed by atoms with Gasteiger partial charge in [0.15, 0.2) is 0 Å². The van der Waals surface area contributed by atoms with Gasteiger partial charge in [-0.15, -0.1) is 0 Å². The summed E-state index contributed by atoms with van der Waals surface area (Å²) in [5.74, 6) is 0.314. The van der Waals surface area contributed by atoms with Crippen molar-refractivity contribution in [1.82, 2.24) is 19.4 Å². The Morgan fingerprint density at radius 1 is 1.14 bits per heavy atom. The minimum Gasteiger partial charge on any atom is -0.340 e. The Kier molecular flexibility index (Phi) is 5.62. The van der Waals surface area contributed by atoms with Gasteiger partial charge in [0, 0.05) is 70.3 Å². The van der Waals surface area contributed by atoms with Gasteiger partial charge in [0.1, 0.15) is 11.6 Å². The number of amides is 2. The Balaban J connectivity index is 1.28. The standard InChI is InChI=1S/C21H26FN5O2/c1-16-23-6-7-25(16)11-8-24-9-12-26(13-10-24)21(29)17-14-20(28)27(15-17)19-4-2-18(22)3-5-19/h2-7,17H,8-15H2,1H3. The molecule has 29 heavy (non-hydrogen) atoms. The number of nitrogens with zero attached hydrogens (tertiary/aromatic N) is 5. The lowest BCUT2D eigenvalue weighted by molar-refractivity contribution is -0.137. The van der Waals surface area contributed by atoms with Crippen LogP contribution < -0.4 is 4.90 Å². The van der Waals surface area contributed by atoms with Gasteiger partial charge in [0.05, 0.1) is 5.92 Å². The van der Waals surface area contributed by atoms with E-state index in [4.69, 9.17) is 0 Å². The lowest BCUT2D eigenvalue weighted by atomic mass is 10.1. The summed E-state index contributed by atoms with van der Waals surface area (Å²) in [6.45, 7) is 7.22. The fraction of sp³-hybridized carbons (Fsp3) is 0.476. The third-order valence-electron chi connectivity index (χ3n) is 5.88. The highest BCUT2D eigenvalue weighted by Gasteiger charge is 2.37. The molecule has 7 nitrogen and oxygen atoms in total. The summed E-state index contributed by atoms with van der Waals surface area (Å²) in [6.07, 6.45) is 4.01. The van der Waals surface area contributed by atoms with E-state index in [1.807, 2.05) is 24.2 Å². The van der Waals surface area contributed by atoms with E-state index in [1.54, 1.807) is 17.0 Å². The van der Waals surface area contributed by atoms with E-state index in [9.17, 15) is 14.0 Å². The maximum absolute atomic E-state index is 13.1. The largest absolute Gasteiger partial charge is 0.340 e. The lowest BCUT2D eigenvalue weighted by Gasteiger charge is -2.36. The summed E-state index contributed by atoms with van der Waals surface area (Å²) in [4.78, 5) is 35.4. The molecular formula is C21H26FN5O2. The topological polar surface area (TPSA) is 61.7 Å². The highest BCUT2D eigenvalue weighted by Crippen LogP contribution is 2.26. The first-order valence-electron chi connectivity index (χ1n) is 10.1. The quantitative estimate of drug-likeness (QED) is 0.765. The third kappa shape index (κ3) is 4.32. The van der Waals surface area contributed by atoms with Crippen LogP contribution in [0.25, 0.3) is 0 Å². The van der Waals surface area contributed by atoms with Crippen molar-refractivity contribution < 1.29 is 14.0 Å². The second-order valence-electron chi connectivity index (χ2n) is 7.72. The maximum atomic E-state index is 13.1. The summed E-state index contributed by atoms with van der Waals surface area (Å²) >= 11 is 0. The number of rotatable bonds is 5. The van der Waals surface area contributed by atoms with Crippen LogP contribution in [0.15, 0.2) is 36.7 Å². The SMILES string of the molecule is Cc1nccn1CCN1CCN(C(=O)C2CC(=O)N(c3ccc(F)cc3)C2)CC1. The van der Waals surface area contributed by atoms with Crippen LogP contribution in [0.4, 0.5) is 10.1 Å². The Hall–Kier alpha value is -2.74. The molecule has 2 saturated heterocycles. The monoisotopic (exact) mass is 399 g/mol. The number of piperazine rings is 1. The van der Waals surface area contributed by atoms with Crippen LogP contribution in [0.1, 0.15) is 12.2 Å². The Labute approximate surface area is 169 Å². The highest BCUT2D eigenvalue weighted by molar-refractivity contribution is 6.00. The summed E-state index contributed by atoms with van der Waals surface area (Å²) in [5.41, 5.74) is 0.645. The first-order valence-corrected chi connectivity index (χ1v) is 10.1. The second kappa shape index (κ2) is 8.32. The van der Waals surface area contributed by atoms with Crippen molar-refractivity contribution in [1.29, 1.82) is 0 Å². The number of imidazole rings is 1. The zero-order valence-corrected chi connectivity index (χ0v) is 16.6. The van der Waals surface area contributed by atoms with Gasteiger partial charge in [-0.05, 0) is 31.2 Å². The van der Waals surface area contributed by atoms with E-state index in [0.29, 0.717) is 25.3 Å². The fourth-order valence-corrected chi connectivity index (χ4v) is 4.08. The van der Waals surface area contributed by atoms with E-state index in [0.717, 1.165) is 32.0 Å². The number of aromatic nitrogens is 2. The molecule has 1 aromatic heterocycles. The fourth-order valence-electron chi connectivity index (χ4n) is 4.08. The predicted molar refractivity (Wildman–Crippen MR) is 107 cm³/mol. The van der Waals surface area contributed by atoms with Crippen molar-refractivity contribution in [3.8, 4) is 0 Å². The van der Waals surface area contributed by atoms with Gasteiger partial charge in [-0.25, -0.2) is 9.37 Å². The summed E-state index contributed by atoms with van der Waals surface area (Å²) in [7, 11) is 0. The van der Waals surface area contributed by atoms with Crippen molar-refractivity contribution in [2.45, 2.75) is 19.9 Å². The van der Waals surface area contributed by atoms with Crippen LogP contribution in [-0.4, -0.2) is 70.4 Å². The van der Waals surface area contributed by atoms with Crippen LogP contribution in [-0.2, 0) is 16.1 Å². The molecule has 0 spiro atoms. The lowest BCUT2D eigenvalue weighted by Crippen LogP contribution is -2.51. The first-order chi connectivity index (χ1) is 14.0. The summed E-state index contributed by atoms with van der Waals surface area (Å²) in [6, 6.07) is 5.84. The molecule has 0 aliphatic carbocycles. The van der Waals surface area contributed by atoms with E-state index in [2.05, 4.69) is 14.5 Å². The molecule has 0 saturated carbocycles. The molecular weight excluding hydrogens is 373 g/mol. The van der Waals surface area contributed by atoms with Gasteiger partial charge in [-0.1, -0.05) is 0 Å². The van der Waals surface area contributed by atoms with Crippen LogP contribution in [0.2, 0.25) is 0 Å². The number of halogens is 1. The van der Waals surface area contributed by atoms with Crippen LogP contribution in [0.5, 0.6) is 0 Å². The molecule has 1 unspecified atom stereocenters. The molecule has 8 heteroatoms. The van der Waals surface area contributed by atoms with Crippen molar-refractivity contribution in [3.63, 3.8) is 0 Å². The van der Waals surface area contributed by atoms with Crippen LogP contribution >= 0.6 is 0 Å². The van der Waals surface area contributed by atoms with E-state index >= 15 is 0 Å². The Bertz CT molecular complexity index is 873. The minimum absolute atomic E-state index is 0.0491. The molecule has 2 aromatic rings. The number of hydrogen-bond acceptors (Lipinski definition) is 4. The molecule has 154 valence electrons. The zero-order chi connectivity index (χ0) is 20.4. The summed E-state index contributed by atoms with van der Waals surface area (Å²) < 4.78 is 15.3. The average molecular weight is 399 g/mol. The second-order valence-corrected chi connectivity index (χ2v) is 7.72. The molecule has 1 atom stereocenters. The van der Waals surface area contributed by atoms with Gasteiger partial charge in [-0.2, -0.15) is 0 Å². The Morgan fingerprint density at radius 2 is 1.86 bits per heavy atom. The number of anilines is 1. The zero-order valence-electron chi connectivity index (χ0n) is 16.6. The molecule has 2 amide bonds. The predicted octanol–water partition coefficient (Wildman–Crippen LogP) is 1.53. The average Bonchev–Trinajstić information content (AvgIpc) is 3.32. The van der Waals surface area contributed by atoms with Crippen molar-refractivity contribution >= 4 is 17.5 Å². The molecule has 3 heterocycles. The molecule has 1 aromatic carbocycles. The molecule has 2 aliphatic rings. The molecule has 4 rings (SSSR count). The number of benzene rings is 1. The summed E-state index contributed by atoms with van der Waals surface area (Å²) in [5, 5.41) is 0. The van der Waals surface area contributed by atoms with E-state index in [1.165, 1.54) is 12.1 Å². The van der Waals surface area contributed by atoms with E-state index in [-0.39, 0.29) is 30.0 Å². The van der Waals surface area contributed by atoms with Crippen LogP contribution in [0, 0.1) is 18.7 Å². The number of carbonyl (C=O) groups excluding carboxylic acids is 2. The Morgan fingerprint density at radius 3 is 2.52 bits per heavy atom. The minimum atomic E-state index is -0.339. The molecule has 2 aliphatic heterocycles. The van der Waals surface area contributed by atoms with Gasteiger partial charge >= 0.3 is 0 Å². The first kappa shape index (κ1) is 19.6. The normalized spacial score (nSPS) is 20.5. The van der Waals surface area contributed by atoms with E-state index < -0.39 is 0 Å². The smallest absolute Gasteiger partial charge is 0.228 e. The van der Waals surface area contributed by atoms with Gasteiger partial charge in [0.25, 0.3) is 0 Å². The van der Waals surface area contributed by atoms with Gasteiger partial charge < -0.3 is 14.4 Å². The van der Waals surface area contributed by atoms with Crippen molar-refractivity contribution in [2.75, 3.05) is 44.2 Å². The van der Waals surface area contributed by atoms with Crippen LogP contribution in [0.3, 0.4) is 0 Å². The highest BCUT2D eigenvalue weighted by atomic mass is 19.1. The van der Waals surface area contributed by atoms with Gasteiger partial charge in [0.2, 0.25) is 11.8 Å².